The van der Waals surface area contributed by atoms with Gasteiger partial charge in [0.25, 0.3) is 0 Å². The lowest BCUT2D eigenvalue weighted by Gasteiger charge is -2.03. The van der Waals surface area contributed by atoms with Crippen molar-refractivity contribution in [1.29, 1.82) is 0 Å². The summed E-state index contributed by atoms with van der Waals surface area (Å²) >= 11 is 0. The van der Waals surface area contributed by atoms with E-state index >= 15 is 0 Å². The second kappa shape index (κ2) is 5.32. The molecule has 1 aliphatic heterocycles. The molecule has 2 nitrogen and oxygen atoms in total. The summed E-state index contributed by atoms with van der Waals surface area (Å²) < 4.78 is 37.8. The summed E-state index contributed by atoms with van der Waals surface area (Å²) in [6, 6.07) is 9.80. The van der Waals surface area contributed by atoms with Crippen molar-refractivity contribution < 1.29 is 18.0 Å². The molecule has 0 bridgehead atoms. The third-order valence-corrected chi connectivity index (χ3v) is 4.82. The summed E-state index contributed by atoms with van der Waals surface area (Å²) in [5.41, 5.74) is 0.543. The van der Waals surface area contributed by atoms with Gasteiger partial charge in [-0.1, -0.05) is 44.2 Å². The molecule has 1 heterocycles. The lowest BCUT2D eigenvalue weighted by molar-refractivity contribution is -0.120. The van der Waals surface area contributed by atoms with Gasteiger partial charge in [0.1, 0.15) is 11.5 Å². The van der Waals surface area contributed by atoms with E-state index in [4.69, 9.17) is 0 Å². The summed E-state index contributed by atoms with van der Waals surface area (Å²) in [5.74, 6) is 0.00988. The van der Waals surface area contributed by atoms with Crippen LogP contribution < -0.4 is 0 Å². The highest BCUT2D eigenvalue weighted by Crippen LogP contribution is 2.65. The van der Waals surface area contributed by atoms with Gasteiger partial charge in [-0.25, -0.2) is 0 Å². The molecule has 2 aliphatic rings. The molecule has 23 heavy (non-hydrogen) atoms. The lowest BCUT2D eigenvalue weighted by Crippen LogP contribution is -2.19. The van der Waals surface area contributed by atoms with Gasteiger partial charge in [0.15, 0.2) is 0 Å². The van der Waals surface area contributed by atoms with E-state index in [1.165, 1.54) is 0 Å². The van der Waals surface area contributed by atoms with Gasteiger partial charge in [0, 0.05) is 12.3 Å². The van der Waals surface area contributed by atoms with Gasteiger partial charge >= 0.3 is 6.18 Å². The fourth-order valence-electron chi connectivity index (χ4n) is 3.60. The number of hydrogen-bond acceptors (Lipinski definition) is 2. The molecule has 1 aliphatic carbocycles. The SMILES string of the molecule is CC1(C)[C@H](C(=O)CC2=CC(C(F)(F)F)=NC2)[C@H]1c1ccccc1. The molecule has 0 spiro atoms. The van der Waals surface area contributed by atoms with Crippen LogP contribution in [0.2, 0.25) is 0 Å². The number of halogens is 3. The Labute approximate surface area is 133 Å². The minimum atomic E-state index is -4.43. The molecule has 3 rings (SSSR count). The molecular formula is C18H18F3NO. The van der Waals surface area contributed by atoms with E-state index in [0.29, 0.717) is 5.57 Å². The van der Waals surface area contributed by atoms with Gasteiger partial charge in [0.05, 0.1) is 6.54 Å². The Morgan fingerprint density at radius 2 is 1.91 bits per heavy atom. The van der Waals surface area contributed by atoms with Gasteiger partial charge in [-0.15, -0.1) is 0 Å². The molecule has 0 N–H and O–H groups in total. The Balaban J connectivity index is 1.69. The van der Waals surface area contributed by atoms with Crippen molar-refractivity contribution >= 4 is 11.5 Å². The van der Waals surface area contributed by atoms with Crippen molar-refractivity contribution in [3.05, 3.63) is 47.5 Å². The van der Waals surface area contributed by atoms with E-state index in [2.05, 4.69) is 4.99 Å². The van der Waals surface area contributed by atoms with E-state index in [9.17, 15) is 18.0 Å². The molecule has 0 amide bonds. The van der Waals surface area contributed by atoms with Crippen molar-refractivity contribution in [2.24, 2.45) is 16.3 Å². The van der Waals surface area contributed by atoms with Crippen molar-refractivity contribution in [3.8, 4) is 0 Å². The number of hydrogen-bond donors (Lipinski definition) is 0. The van der Waals surface area contributed by atoms with Crippen LogP contribution in [-0.4, -0.2) is 24.2 Å². The number of aliphatic imine (C=N–C) groups is 1. The van der Waals surface area contributed by atoms with Crippen LogP contribution in [0.25, 0.3) is 0 Å². The van der Waals surface area contributed by atoms with Crippen LogP contribution in [0.5, 0.6) is 0 Å². The fourth-order valence-corrected chi connectivity index (χ4v) is 3.60. The Hall–Kier alpha value is -1.91. The minimum Gasteiger partial charge on any atom is -0.299 e. The minimum absolute atomic E-state index is 0.00808. The van der Waals surface area contributed by atoms with E-state index < -0.39 is 11.9 Å². The number of alkyl halides is 3. The van der Waals surface area contributed by atoms with Crippen LogP contribution in [0.4, 0.5) is 13.2 Å². The zero-order chi connectivity index (χ0) is 16.8. The number of benzene rings is 1. The van der Waals surface area contributed by atoms with Crippen LogP contribution in [0.15, 0.2) is 47.0 Å². The molecule has 1 fully saturated rings. The molecule has 0 radical (unpaired) electrons. The van der Waals surface area contributed by atoms with Crippen molar-refractivity contribution in [2.75, 3.05) is 6.54 Å². The number of nitrogens with zero attached hydrogens (tertiary/aromatic N) is 1. The quantitative estimate of drug-likeness (QED) is 0.811. The molecule has 0 unspecified atom stereocenters. The maximum absolute atomic E-state index is 12.6. The Morgan fingerprint density at radius 1 is 1.26 bits per heavy atom. The third-order valence-electron chi connectivity index (χ3n) is 4.82. The molecular weight excluding hydrogens is 303 g/mol. The highest BCUT2D eigenvalue weighted by molar-refractivity contribution is 6.02. The van der Waals surface area contributed by atoms with E-state index in [1.807, 2.05) is 44.2 Å². The largest absolute Gasteiger partial charge is 0.432 e. The highest BCUT2D eigenvalue weighted by atomic mass is 19.4. The number of carbonyl (C=O) groups excluding carboxylic acids is 1. The molecule has 122 valence electrons. The van der Waals surface area contributed by atoms with Crippen molar-refractivity contribution in [3.63, 3.8) is 0 Å². The Bertz CT molecular complexity index is 686. The van der Waals surface area contributed by atoms with E-state index in [0.717, 1.165) is 11.6 Å². The molecule has 1 saturated carbocycles. The van der Waals surface area contributed by atoms with Crippen molar-refractivity contribution in [2.45, 2.75) is 32.4 Å². The van der Waals surface area contributed by atoms with Gasteiger partial charge in [-0.2, -0.15) is 13.2 Å². The first-order valence-electron chi connectivity index (χ1n) is 7.60. The zero-order valence-corrected chi connectivity index (χ0v) is 13.0. The first-order valence-corrected chi connectivity index (χ1v) is 7.60. The molecule has 5 heteroatoms. The fraction of sp³-hybridized carbons (Fsp3) is 0.444. The predicted molar refractivity (Wildman–Crippen MR) is 82.5 cm³/mol. The van der Waals surface area contributed by atoms with E-state index in [1.54, 1.807) is 0 Å². The number of carbonyl (C=O) groups is 1. The van der Waals surface area contributed by atoms with Crippen LogP contribution >= 0.6 is 0 Å². The predicted octanol–water partition coefficient (Wildman–Crippen LogP) is 4.33. The summed E-state index contributed by atoms with van der Waals surface area (Å²) in [4.78, 5) is 16.0. The molecule has 1 aromatic carbocycles. The normalized spacial score (nSPS) is 25.8. The molecule has 0 aromatic heterocycles. The standard InChI is InChI=1S/C18H18F3NO/c1-17(2)15(12-6-4-3-5-7-12)16(17)13(23)8-11-9-14(22-10-11)18(19,20)21/h3-7,9,15-16H,8,10H2,1-2H3/t15-,16-/m1/s1. The molecule has 0 saturated heterocycles. The Morgan fingerprint density at radius 3 is 2.48 bits per heavy atom. The van der Waals surface area contributed by atoms with E-state index in [-0.39, 0.29) is 36.0 Å². The number of allylic oxidation sites excluding steroid dienone is 1. The summed E-state index contributed by atoms with van der Waals surface area (Å²) in [5, 5.41) is 0. The first kappa shape index (κ1) is 16.0. The number of Topliss-reactive ketones (excluding diaryl/α,β-unsaturated/α-hetero) is 1. The number of ketones is 1. The average molecular weight is 321 g/mol. The van der Waals surface area contributed by atoms with Gasteiger partial charge in [-0.05, 0) is 28.5 Å². The topological polar surface area (TPSA) is 29.4 Å². The van der Waals surface area contributed by atoms with Crippen LogP contribution in [-0.2, 0) is 4.79 Å². The van der Waals surface area contributed by atoms with Crippen molar-refractivity contribution in [1.82, 2.24) is 0 Å². The van der Waals surface area contributed by atoms with Crippen LogP contribution in [0.3, 0.4) is 0 Å². The maximum atomic E-state index is 12.6. The second-order valence-electron chi connectivity index (χ2n) is 6.83. The third kappa shape index (κ3) is 2.96. The second-order valence-corrected chi connectivity index (χ2v) is 6.83. The van der Waals surface area contributed by atoms with Gasteiger partial charge in [-0.3, -0.25) is 9.79 Å². The number of rotatable bonds is 4. The Kier molecular flexibility index (Phi) is 3.69. The zero-order valence-electron chi connectivity index (χ0n) is 13.0. The first-order chi connectivity index (χ1) is 10.7. The highest BCUT2D eigenvalue weighted by Gasteiger charge is 2.61. The van der Waals surface area contributed by atoms with Crippen LogP contribution in [0.1, 0.15) is 31.7 Å². The summed E-state index contributed by atoms with van der Waals surface area (Å²) in [6.45, 7) is 4.05. The van der Waals surface area contributed by atoms with Crippen LogP contribution in [0, 0.1) is 11.3 Å². The van der Waals surface area contributed by atoms with Gasteiger partial charge in [0.2, 0.25) is 0 Å². The average Bonchev–Trinajstić information content (AvgIpc) is 2.82. The van der Waals surface area contributed by atoms with Gasteiger partial charge < -0.3 is 0 Å². The molecule has 1 aromatic rings. The maximum Gasteiger partial charge on any atom is 0.432 e. The summed E-state index contributed by atoms with van der Waals surface area (Å²) in [7, 11) is 0. The summed E-state index contributed by atoms with van der Waals surface area (Å²) in [6.07, 6.45) is -3.36. The lowest BCUT2D eigenvalue weighted by atomic mass is 10.0. The molecule has 2 atom stereocenters. The monoisotopic (exact) mass is 321 g/mol. The smallest absolute Gasteiger partial charge is 0.299 e.